The molecule has 0 bridgehead atoms. The van der Waals surface area contributed by atoms with Gasteiger partial charge in [-0.05, 0) is 32.3 Å². The predicted octanol–water partition coefficient (Wildman–Crippen LogP) is 2.05. The Morgan fingerprint density at radius 2 is 1.81 bits per heavy atom. The van der Waals surface area contributed by atoms with Crippen molar-refractivity contribution in [2.45, 2.75) is 6.54 Å². The second-order valence-electron chi connectivity index (χ2n) is 10.9. The third-order valence-corrected chi connectivity index (χ3v) is 7.68. The second kappa shape index (κ2) is 11.6. The largest absolute Gasteiger partial charge is 0.461 e. The lowest BCUT2D eigenvalue weighted by Crippen LogP contribution is -2.47. The Bertz CT molecular complexity index is 1760. The van der Waals surface area contributed by atoms with E-state index in [1.54, 1.807) is 36.3 Å². The van der Waals surface area contributed by atoms with Crippen LogP contribution < -0.4 is 10.6 Å². The quantitative estimate of drug-likeness (QED) is 0.271. The van der Waals surface area contributed by atoms with E-state index < -0.39 is 17.5 Å². The van der Waals surface area contributed by atoms with Crippen LogP contribution in [-0.4, -0.2) is 117 Å². The van der Waals surface area contributed by atoms with Gasteiger partial charge in [0.15, 0.2) is 17.1 Å². The molecule has 1 amide bonds. The molecule has 43 heavy (non-hydrogen) atoms. The molecule has 2 N–H and O–H groups in total. The average Bonchev–Trinajstić information content (AvgIpc) is 3.75. The summed E-state index contributed by atoms with van der Waals surface area (Å²) in [5.41, 5.74) is 7.44. The van der Waals surface area contributed by atoms with E-state index in [-0.39, 0.29) is 17.2 Å². The highest BCUT2D eigenvalue weighted by Crippen LogP contribution is 2.26. The lowest BCUT2D eigenvalue weighted by atomic mass is 10.1. The van der Waals surface area contributed by atoms with Gasteiger partial charge in [0.05, 0.1) is 35.6 Å². The molecule has 1 aliphatic rings. The van der Waals surface area contributed by atoms with Gasteiger partial charge in [0.25, 0.3) is 5.91 Å². The first-order valence-corrected chi connectivity index (χ1v) is 14.0. The number of nitrogens with two attached hydrogens (primary N) is 1. The van der Waals surface area contributed by atoms with Gasteiger partial charge in [0.1, 0.15) is 11.6 Å². The van der Waals surface area contributed by atoms with E-state index in [1.807, 2.05) is 23.9 Å². The van der Waals surface area contributed by atoms with Gasteiger partial charge in [-0.3, -0.25) is 9.69 Å². The van der Waals surface area contributed by atoms with Gasteiger partial charge < -0.3 is 24.9 Å². The van der Waals surface area contributed by atoms with Gasteiger partial charge in [0.2, 0.25) is 11.8 Å². The van der Waals surface area contributed by atoms with Crippen molar-refractivity contribution in [2.75, 3.05) is 77.6 Å². The Morgan fingerprint density at radius 3 is 2.53 bits per heavy atom. The van der Waals surface area contributed by atoms with Gasteiger partial charge >= 0.3 is 0 Å². The van der Waals surface area contributed by atoms with E-state index in [4.69, 9.17) is 10.2 Å². The first kappa shape index (κ1) is 28.5. The summed E-state index contributed by atoms with van der Waals surface area (Å²) in [5, 5.41) is 9.66. The molecule has 4 aromatic heterocycles. The van der Waals surface area contributed by atoms with Crippen molar-refractivity contribution < 1.29 is 18.0 Å². The van der Waals surface area contributed by atoms with Crippen LogP contribution in [0.5, 0.6) is 0 Å². The maximum Gasteiger partial charge on any atom is 0.256 e. The smallest absolute Gasteiger partial charge is 0.256 e. The number of piperazine rings is 1. The fourth-order valence-electron chi connectivity index (χ4n) is 5.18. The molecule has 1 saturated heterocycles. The van der Waals surface area contributed by atoms with E-state index in [9.17, 15) is 13.6 Å². The molecule has 1 fully saturated rings. The lowest BCUT2D eigenvalue weighted by molar-refractivity contribution is 0.0781. The van der Waals surface area contributed by atoms with Crippen LogP contribution >= 0.6 is 0 Å². The number of benzene rings is 1. The van der Waals surface area contributed by atoms with Crippen molar-refractivity contribution in [3.63, 3.8) is 0 Å². The van der Waals surface area contributed by atoms with Gasteiger partial charge in [-0.1, -0.05) is 0 Å². The predicted molar refractivity (Wildman–Crippen MR) is 157 cm³/mol. The zero-order valence-electron chi connectivity index (χ0n) is 24.2. The number of carbonyl (C=O) groups excluding carboxylic acids is 1. The third-order valence-electron chi connectivity index (χ3n) is 7.68. The Labute approximate surface area is 246 Å². The highest BCUT2D eigenvalue weighted by Gasteiger charge is 2.25. The van der Waals surface area contributed by atoms with Gasteiger partial charge in [0, 0.05) is 58.9 Å². The number of halogens is 2. The van der Waals surface area contributed by atoms with Crippen LogP contribution in [0, 0.1) is 11.6 Å². The Hall–Kier alpha value is -4.63. The zero-order chi connectivity index (χ0) is 30.2. The number of anilines is 2. The van der Waals surface area contributed by atoms with Crippen LogP contribution in [0.2, 0.25) is 0 Å². The standard InChI is InChI=1S/C28H33F2N11O2/c1-36(2)6-7-37(3)27(42)18-15-22(21(30)16-20(18)29)39-11-8-38(9-12-39)10-13-40-25-19(17-32-40)26-33-24(23-5-4-14-43-23)35-41(26)28(31)34-25/h4-5,14-17H,6-13H2,1-3H3,(H2,31,34). The molecule has 226 valence electrons. The number of amides is 1. The van der Waals surface area contributed by atoms with E-state index >= 15 is 0 Å². The van der Waals surface area contributed by atoms with E-state index in [0.717, 1.165) is 6.07 Å². The van der Waals surface area contributed by atoms with Gasteiger partial charge in [-0.2, -0.15) is 14.6 Å². The third kappa shape index (κ3) is 5.60. The average molecular weight is 594 g/mol. The number of nitrogens with zero attached hydrogens (tertiary/aromatic N) is 10. The van der Waals surface area contributed by atoms with Crippen LogP contribution in [0.3, 0.4) is 0 Å². The van der Waals surface area contributed by atoms with E-state index in [2.05, 4.69) is 25.1 Å². The molecule has 0 saturated carbocycles. The summed E-state index contributed by atoms with van der Waals surface area (Å²) < 4.78 is 38.2. The van der Waals surface area contributed by atoms with Crippen LogP contribution in [-0.2, 0) is 6.54 Å². The number of rotatable bonds is 9. The van der Waals surface area contributed by atoms with Crippen LogP contribution in [0.4, 0.5) is 20.4 Å². The summed E-state index contributed by atoms with van der Waals surface area (Å²) in [7, 11) is 5.41. The Kier molecular flexibility index (Phi) is 7.66. The lowest BCUT2D eigenvalue weighted by Gasteiger charge is -2.36. The molecule has 1 aliphatic heterocycles. The Morgan fingerprint density at radius 1 is 1.02 bits per heavy atom. The normalized spacial score (nSPS) is 14.4. The summed E-state index contributed by atoms with van der Waals surface area (Å²) >= 11 is 0. The molecule has 1 aromatic carbocycles. The Balaban J connectivity index is 1.11. The first-order valence-electron chi connectivity index (χ1n) is 14.0. The summed E-state index contributed by atoms with van der Waals surface area (Å²) in [6, 6.07) is 5.68. The van der Waals surface area contributed by atoms with Crippen molar-refractivity contribution in [2.24, 2.45) is 0 Å². The minimum absolute atomic E-state index is 0.129. The van der Waals surface area contributed by atoms with Crippen LogP contribution in [0.25, 0.3) is 28.3 Å². The number of hydrogen-bond donors (Lipinski definition) is 1. The van der Waals surface area contributed by atoms with E-state index in [1.165, 1.54) is 15.5 Å². The van der Waals surface area contributed by atoms with Crippen molar-refractivity contribution in [1.82, 2.24) is 44.1 Å². The molecule has 0 radical (unpaired) electrons. The molecule has 0 atom stereocenters. The first-order chi connectivity index (χ1) is 20.7. The number of carbonyl (C=O) groups is 1. The minimum atomic E-state index is -0.858. The zero-order valence-corrected chi connectivity index (χ0v) is 24.2. The minimum Gasteiger partial charge on any atom is -0.461 e. The van der Waals surface area contributed by atoms with Gasteiger partial charge in [-0.15, -0.1) is 5.10 Å². The molecule has 13 nitrogen and oxygen atoms in total. The summed E-state index contributed by atoms with van der Waals surface area (Å²) in [5.74, 6) is -0.893. The molecule has 5 heterocycles. The fourth-order valence-corrected chi connectivity index (χ4v) is 5.18. The SMILES string of the molecule is CN(C)CCN(C)C(=O)c1cc(N2CCN(CCn3ncc4c3nc(N)n3nc(-c5ccco5)nc43)CC2)c(F)cc1F. The number of nitrogen functional groups attached to an aromatic ring is 1. The van der Waals surface area contributed by atoms with E-state index in [0.29, 0.717) is 80.6 Å². The number of furan rings is 1. The van der Waals surface area contributed by atoms with Crippen molar-refractivity contribution >= 4 is 34.2 Å². The van der Waals surface area contributed by atoms with Crippen molar-refractivity contribution in [1.29, 1.82) is 0 Å². The topological polar surface area (TPSA) is 130 Å². The summed E-state index contributed by atoms with van der Waals surface area (Å²) in [6.07, 6.45) is 3.25. The molecule has 0 aliphatic carbocycles. The summed E-state index contributed by atoms with van der Waals surface area (Å²) in [4.78, 5) is 29.5. The number of fused-ring (bicyclic) bond motifs is 3. The maximum absolute atomic E-state index is 14.9. The molecule has 0 spiro atoms. The molecular formula is C28H33F2N11O2. The monoisotopic (exact) mass is 593 g/mol. The number of aromatic nitrogens is 6. The molecule has 0 unspecified atom stereocenters. The number of hydrogen-bond acceptors (Lipinski definition) is 10. The van der Waals surface area contributed by atoms with Crippen LogP contribution in [0.15, 0.2) is 41.1 Å². The summed E-state index contributed by atoms with van der Waals surface area (Å²) in [6.45, 7) is 4.63. The molecule has 6 rings (SSSR count). The van der Waals surface area contributed by atoms with Crippen LogP contribution in [0.1, 0.15) is 10.4 Å². The second-order valence-corrected chi connectivity index (χ2v) is 10.9. The highest BCUT2D eigenvalue weighted by atomic mass is 19.1. The van der Waals surface area contributed by atoms with Crippen molar-refractivity contribution in [3.05, 3.63) is 53.9 Å². The molecule has 15 heteroatoms. The highest BCUT2D eigenvalue weighted by molar-refractivity contribution is 5.95. The molecular weight excluding hydrogens is 560 g/mol. The van der Waals surface area contributed by atoms with Crippen molar-refractivity contribution in [3.8, 4) is 11.6 Å². The maximum atomic E-state index is 14.9. The number of likely N-dealkylation sites (N-methyl/N-ethyl adjacent to an activating group) is 2. The fraction of sp³-hybridized carbons (Fsp3) is 0.393. The molecule has 5 aromatic rings. The van der Waals surface area contributed by atoms with Gasteiger partial charge in [-0.25, -0.2) is 18.4 Å².